The fourth-order valence-electron chi connectivity index (χ4n) is 2.13. The summed E-state index contributed by atoms with van der Waals surface area (Å²) in [7, 11) is 0. The second kappa shape index (κ2) is 5.54. The average Bonchev–Trinajstić information content (AvgIpc) is 2.78. The van der Waals surface area contributed by atoms with Gasteiger partial charge in [-0.3, -0.25) is 4.79 Å². The number of aliphatic imine (C=N–C) groups is 1. The summed E-state index contributed by atoms with van der Waals surface area (Å²) >= 11 is 7.52. The zero-order chi connectivity index (χ0) is 14.9. The smallest absolute Gasteiger partial charge is 0.269 e. The number of amides is 1. The van der Waals surface area contributed by atoms with Crippen LogP contribution in [0.4, 0.5) is 5.69 Å². The number of carbonyl (C=O) groups is 1. The largest absolute Gasteiger partial charge is 0.333 e. The van der Waals surface area contributed by atoms with Gasteiger partial charge in [0, 0.05) is 0 Å². The van der Waals surface area contributed by atoms with E-state index in [-0.39, 0.29) is 5.91 Å². The zero-order valence-corrected chi connectivity index (χ0v) is 12.9. The van der Waals surface area contributed by atoms with E-state index in [1.54, 1.807) is 6.07 Å². The molecule has 1 aliphatic heterocycles. The fourth-order valence-corrected chi connectivity index (χ4v) is 3.37. The second-order valence-electron chi connectivity index (χ2n) is 4.83. The number of rotatable bonds is 2. The van der Waals surface area contributed by atoms with Gasteiger partial charge in [0.1, 0.15) is 4.75 Å². The van der Waals surface area contributed by atoms with Gasteiger partial charge in [-0.1, -0.05) is 65.8 Å². The van der Waals surface area contributed by atoms with E-state index in [0.29, 0.717) is 10.2 Å². The van der Waals surface area contributed by atoms with E-state index in [0.717, 1.165) is 11.3 Å². The van der Waals surface area contributed by atoms with Crippen molar-refractivity contribution < 1.29 is 4.79 Å². The van der Waals surface area contributed by atoms with Crippen LogP contribution >= 0.6 is 23.4 Å². The van der Waals surface area contributed by atoms with Crippen LogP contribution in [0.2, 0.25) is 5.02 Å². The number of nitrogens with zero attached hydrogens (tertiary/aromatic N) is 1. The molecule has 0 fully saturated rings. The molecule has 106 valence electrons. The molecule has 5 heteroatoms. The molecule has 0 saturated carbocycles. The molecule has 1 aliphatic rings. The Hall–Kier alpha value is -1.78. The van der Waals surface area contributed by atoms with Gasteiger partial charge in [0.15, 0.2) is 5.17 Å². The number of carbonyl (C=O) groups excluding carboxylic acids is 1. The molecule has 0 bridgehead atoms. The molecule has 0 spiro atoms. The third-order valence-electron chi connectivity index (χ3n) is 3.35. The molecule has 0 saturated heterocycles. The predicted octanol–water partition coefficient (Wildman–Crippen LogP) is 4.30. The Bertz CT molecular complexity index is 717. The van der Waals surface area contributed by atoms with Gasteiger partial charge in [-0.2, -0.15) is 4.99 Å². The predicted molar refractivity (Wildman–Crippen MR) is 88.9 cm³/mol. The highest BCUT2D eigenvalue weighted by molar-refractivity contribution is 8.16. The molecular formula is C16H13ClN2OS. The monoisotopic (exact) mass is 316 g/mol. The van der Waals surface area contributed by atoms with Crippen molar-refractivity contribution in [3.63, 3.8) is 0 Å². The SMILES string of the molecule is C[C@@]1(c2ccccc2)SC(Nc2ccccc2Cl)=NC1=O. The topological polar surface area (TPSA) is 41.5 Å². The Morgan fingerprint density at radius 2 is 1.76 bits per heavy atom. The molecule has 21 heavy (non-hydrogen) atoms. The lowest BCUT2D eigenvalue weighted by Gasteiger charge is -2.20. The summed E-state index contributed by atoms with van der Waals surface area (Å²) < 4.78 is -0.690. The van der Waals surface area contributed by atoms with Gasteiger partial charge in [-0.05, 0) is 24.6 Å². The molecule has 1 amide bonds. The maximum absolute atomic E-state index is 12.3. The highest BCUT2D eigenvalue weighted by Gasteiger charge is 2.42. The van der Waals surface area contributed by atoms with Crippen molar-refractivity contribution in [3.8, 4) is 0 Å². The van der Waals surface area contributed by atoms with E-state index in [1.807, 2.05) is 55.5 Å². The minimum atomic E-state index is -0.690. The Labute approximate surface area is 132 Å². The van der Waals surface area contributed by atoms with Crippen LogP contribution in [0.1, 0.15) is 12.5 Å². The van der Waals surface area contributed by atoms with Crippen LogP contribution in [0, 0.1) is 0 Å². The molecule has 0 aliphatic carbocycles. The average molecular weight is 317 g/mol. The van der Waals surface area contributed by atoms with Gasteiger partial charge in [-0.25, -0.2) is 0 Å². The molecule has 3 nitrogen and oxygen atoms in total. The summed E-state index contributed by atoms with van der Waals surface area (Å²) in [6.07, 6.45) is 0. The Balaban J connectivity index is 1.84. The molecule has 0 aromatic heterocycles. The summed E-state index contributed by atoms with van der Waals surface area (Å²) in [4.78, 5) is 16.4. The van der Waals surface area contributed by atoms with E-state index in [1.165, 1.54) is 11.8 Å². The van der Waals surface area contributed by atoms with Crippen molar-refractivity contribution in [1.29, 1.82) is 0 Å². The first-order valence-electron chi connectivity index (χ1n) is 6.49. The quantitative estimate of drug-likeness (QED) is 0.898. The lowest BCUT2D eigenvalue weighted by atomic mass is 10.00. The van der Waals surface area contributed by atoms with E-state index >= 15 is 0 Å². The van der Waals surface area contributed by atoms with Crippen molar-refractivity contribution in [2.24, 2.45) is 4.99 Å². The lowest BCUT2D eigenvalue weighted by Crippen LogP contribution is -2.24. The number of halogens is 1. The van der Waals surface area contributed by atoms with Crippen LogP contribution in [0.25, 0.3) is 0 Å². The highest BCUT2D eigenvalue weighted by atomic mass is 35.5. The van der Waals surface area contributed by atoms with Crippen LogP contribution < -0.4 is 5.32 Å². The van der Waals surface area contributed by atoms with Gasteiger partial charge in [0.05, 0.1) is 10.7 Å². The first kappa shape index (κ1) is 14.2. The molecule has 3 rings (SSSR count). The minimum Gasteiger partial charge on any atom is -0.333 e. The van der Waals surface area contributed by atoms with E-state index in [4.69, 9.17) is 11.6 Å². The van der Waals surface area contributed by atoms with E-state index in [2.05, 4.69) is 10.3 Å². The van der Waals surface area contributed by atoms with Crippen molar-refractivity contribution in [3.05, 3.63) is 65.2 Å². The van der Waals surface area contributed by atoms with Crippen LogP contribution in [0.3, 0.4) is 0 Å². The summed E-state index contributed by atoms with van der Waals surface area (Å²) in [6.45, 7) is 1.89. The van der Waals surface area contributed by atoms with Gasteiger partial charge in [0.2, 0.25) is 0 Å². The molecule has 1 N–H and O–H groups in total. The zero-order valence-electron chi connectivity index (χ0n) is 11.3. The molecule has 2 aromatic rings. The highest BCUT2D eigenvalue weighted by Crippen LogP contribution is 2.43. The van der Waals surface area contributed by atoms with Gasteiger partial charge < -0.3 is 5.32 Å². The van der Waals surface area contributed by atoms with Crippen LogP contribution in [0.15, 0.2) is 59.6 Å². The standard InChI is InChI=1S/C16H13ClN2OS/c1-16(11-7-3-2-4-8-11)14(20)19-15(21-16)18-13-10-6-5-9-12(13)17/h2-10H,1H3,(H,18,19,20)/t16-/m0/s1. The Kier molecular flexibility index (Phi) is 3.74. The second-order valence-corrected chi connectivity index (χ2v) is 6.64. The Morgan fingerprint density at radius 3 is 2.48 bits per heavy atom. The van der Waals surface area contributed by atoms with Gasteiger partial charge >= 0.3 is 0 Å². The molecule has 2 aromatic carbocycles. The number of para-hydroxylation sites is 1. The molecule has 1 atom stereocenters. The van der Waals surface area contributed by atoms with Crippen LogP contribution in [0.5, 0.6) is 0 Å². The number of hydrogen-bond acceptors (Lipinski definition) is 3. The fraction of sp³-hybridized carbons (Fsp3) is 0.125. The van der Waals surface area contributed by atoms with Crippen LogP contribution in [-0.4, -0.2) is 11.1 Å². The molecule has 1 heterocycles. The van der Waals surface area contributed by atoms with Crippen molar-refractivity contribution in [2.45, 2.75) is 11.7 Å². The lowest BCUT2D eigenvalue weighted by molar-refractivity contribution is -0.119. The number of anilines is 1. The van der Waals surface area contributed by atoms with Crippen molar-refractivity contribution in [2.75, 3.05) is 5.32 Å². The number of benzene rings is 2. The third-order valence-corrected chi connectivity index (χ3v) is 4.89. The minimum absolute atomic E-state index is 0.159. The summed E-state index contributed by atoms with van der Waals surface area (Å²) in [5, 5.41) is 4.29. The summed E-state index contributed by atoms with van der Waals surface area (Å²) in [5.41, 5.74) is 1.69. The number of hydrogen-bond donors (Lipinski definition) is 1. The Morgan fingerprint density at radius 1 is 1.10 bits per heavy atom. The van der Waals surface area contributed by atoms with E-state index < -0.39 is 4.75 Å². The maximum Gasteiger partial charge on any atom is 0.269 e. The first-order chi connectivity index (χ1) is 10.1. The van der Waals surface area contributed by atoms with Gasteiger partial charge in [-0.15, -0.1) is 0 Å². The normalized spacial score (nSPS) is 21.2. The number of amidine groups is 1. The van der Waals surface area contributed by atoms with Crippen molar-refractivity contribution in [1.82, 2.24) is 0 Å². The first-order valence-corrected chi connectivity index (χ1v) is 7.68. The number of nitrogens with one attached hydrogen (secondary N) is 1. The van der Waals surface area contributed by atoms with Crippen LogP contribution in [-0.2, 0) is 9.54 Å². The summed E-state index contributed by atoms with van der Waals surface area (Å²) in [5.74, 6) is -0.159. The maximum atomic E-state index is 12.3. The summed E-state index contributed by atoms with van der Waals surface area (Å²) in [6, 6.07) is 17.1. The number of thioether (sulfide) groups is 1. The molecule has 0 radical (unpaired) electrons. The third kappa shape index (κ3) is 2.69. The molecule has 0 unspecified atom stereocenters. The van der Waals surface area contributed by atoms with Crippen molar-refractivity contribution >= 4 is 40.1 Å². The van der Waals surface area contributed by atoms with Gasteiger partial charge in [0.25, 0.3) is 5.91 Å². The van der Waals surface area contributed by atoms with E-state index in [9.17, 15) is 4.79 Å². The molecular weight excluding hydrogens is 304 g/mol.